The zero-order valence-corrected chi connectivity index (χ0v) is 10.7. The first kappa shape index (κ1) is 11.4. The Morgan fingerprint density at radius 2 is 2.11 bits per heavy atom. The summed E-state index contributed by atoms with van der Waals surface area (Å²) in [6, 6.07) is 4.67. The maximum absolute atomic E-state index is 13.4. The first-order valence-electron chi connectivity index (χ1n) is 6.20. The monoisotopic (exact) mass is 245 g/mol. The lowest BCUT2D eigenvalue weighted by Gasteiger charge is -2.21. The average Bonchev–Trinajstić information content (AvgIpc) is 2.69. The van der Waals surface area contributed by atoms with Crippen molar-refractivity contribution in [2.45, 2.75) is 20.3 Å². The molecule has 18 heavy (non-hydrogen) atoms. The second kappa shape index (κ2) is 3.90. The van der Waals surface area contributed by atoms with Crippen molar-refractivity contribution in [1.82, 2.24) is 9.97 Å². The minimum Gasteiger partial charge on any atom is -0.355 e. The van der Waals surface area contributed by atoms with E-state index in [4.69, 9.17) is 0 Å². The van der Waals surface area contributed by atoms with Crippen LogP contribution in [0.2, 0.25) is 0 Å². The summed E-state index contributed by atoms with van der Waals surface area (Å²) in [5, 5.41) is 0.801. The molecule has 2 aromatic rings. The SMILES string of the molecule is CC1(C)CCN(c2ncnc3ccc(F)cc23)C1. The molecule has 0 unspecified atom stereocenters. The normalized spacial score (nSPS) is 18.5. The van der Waals surface area contributed by atoms with E-state index in [0.717, 1.165) is 36.2 Å². The Balaban J connectivity index is 2.09. The average molecular weight is 245 g/mol. The maximum atomic E-state index is 13.4. The summed E-state index contributed by atoms with van der Waals surface area (Å²) in [5.41, 5.74) is 1.09. The lowest BCUT2D eigenvalue weighted by Crippen LogP contribution is -2.23. The molecular weight excluding hydrogens is 229 g/mol. The molecule has 0 amide bonds. The van der Waals surface area contributed by atoms with Gasteiger partial charge in [-0.15, -0.1) is 0 Å². The Morgan fingerprint density at radius 1 is 1.28 bits per heavy atom. The van der Waals surface area contributed by atoms with E-state index < -0.39 is 0 Å². The summed E-state index contributed by atoms with van der Waals surface area (Å²) in [7, 11) is 0. The van der Waals surface area contributed by atoms with Gasteiger partial charge >= 0.3 is 0 Å². The molecule has 1 aliphatic rings. The van der Waals surface area contributed by atoms with Gasteiger partial charge in [0, 0.05) is 18.5 Å². The van der Waals surface area contributed by atoms with Gasteiger partial charge in [-0.25, -0.2) is 14.4 Å². The van der Waals surface area contributed by atoms with Gasteiger partial charge in [-0.05, 0) is 30.0 Å². The third-order valence-electron chi connectivity index (χ3n) is 3.55. The molecule has 0 saturated carbocycles. The molecule has 4 heteroatoms. The predicted octanol–water partition coefficient (Wildman–Crippen LogP) is 3.01. The summed E-state index contributed by atoms with van der Waals surface area (Å²) in [6.45, 7) is 6.42. The third kappa shape index (κ3) is 1.92. The second-order valence-corrected chi connectivity index (χ2v) is 5.69. The zero-order valence-electron chi connectivity index (χ0n) is 10.7. The van der Waals surface area contributed by atoms with E-state index in [1.165, 1.54) is 12.1 Å². The van der Waals surface area contributed by atoms with E-state index in [1.807, 2.05) is 0 Å². The molecule has 94 valence electrons. The van der Waals surface area contributed by atoms with E-state index in [1.54, 1.807) is 12.4 Å². The van der Waals surface area contributed by atoms with Gasteiger partial charge in [-0.2, -0.15) is 0 Å². The van der Waals surface area contributed by atoms with E-state index in [0.29, 0.717) is 5.41 Å². The number of benzene rings is 1. The van der Waals surface area contributed by atoms with Gasteiger partial charge in [0.15, 0.2) is 0 Å². The van der Waals surface area contributed by atoms with Crippen molar-refractivity contribution in [3.63, 3.8) is 0 Å². The Labute approximate surface area is 106 Å². The Kier molecular flexibility index (Phi) is 2.47. The molecule has 1 saturated heterocycles. The summed E-state index contributed by atoms with van der Waals surface area (Å²) in [6.07, 6.45) is 2.69. The van der Waals surface area contributed by atoms with Gasteiger partial charge < -0.3 is 4.90 Å². The van der Waals surface area contributed by atoms with Crippen LogP contribution in [0.15, 0.2) is 24.5 Å². The predicted molar refractivity (Wildman–Crippen MR) is 70.1 cm³/mol. The van der Waals surface area contributed by atoms with Crippen LogP contribution >= 0.6 is 0 Å². The van der Waals surface area contributed by atoms with Gasteiger partial charge in [0.25, 0.3) is 0 Å². The molecule has 0 atom stereocenters. The standard InChI is InChI=1S/C14H16FN3/c1-14(2)5-6-18(8-14)13-11-7-10(15)3-4-12(11)16-9-17-13/h3-4,7,9H,5-6,8H2,1-2H3. The maximum Gasteiger partial charge on any atom is 0.140 e. The van der Waals surface area contributed by atoms with Gasteiger partial charge in [0.1, 0.15) is 18.0 Å². The van der Waals surface area contributed by atoms with Crippen LogP contribution in [0.3, 0.4) is 0 Å². The van der Waals surface area contributed by atoms with Crippen LogP contribution in [0.25, 0.3) is 10.9 Å². The third-order valence-corrected chi connectivity index (χ3v) is 3.55. The molecule has 0 N–H and O–H groups in total. The number of fused-ring (bicyclic) bond motifs is 1. The molecular formula is C14H16FN3. The van der Waals surface area contributed by atoms with Crippen LogP contribution < -0.4 is 4.90 Å². The van der Waals surface area contributed by atoms with E-state index in [2.05, 4.69) is 28.7 Å². The van der Waals surface area contributed by atoms with Crippen LogP contribution in [-0.2, 0) is 0 Å². The first-order chi connectivity index (χ1) is 8.55. The second-order valence-electron chi connectivity index (χ2n) is 5.69. The highest BCUT2D eigenvalue weighted by atomic mass is 19.1. The molecule has 1 aromatic heterocycles. The summed E-state index contributed by atoms with van der Waals surface area (Å²) in [5.74, 6) is 0.613. The van der Waals surface area contributed by atoms with Gasteiger partial charge in [0.05, 0.1) is 5.52 Å². The van der Waals surface area contributed by atoms with Gasteiger partial charge in [0.2, 0.25) is 0 Å². The number of aromatic nitrogens is 2. The summed E-state index contributed by atoms with van der Waals surface area (Å²) < 4.78 is 13.4. The Bertz CT molecular complexity index is 595. The molecule has 0 radical (unpaired) electrons. The zero-order chi connectivity index (χ0) is 12.8. The largest absolute Gasteiger partial charge is 0.355 e. The number of hydrogen-bond acceptors (Lipinski definition) is 3. The molecule has 0 aliphatic carbocycles. The Morgan fingerprint density at radius 3 is 2.83 bits per heavy atom. The van der Waals surface area contributed by atoms with Crippen molar-refractivity contribution >= 4 is 16.7 Å². The summed E-state index contributed by atoms with van der Waals surface area (Å²) >= 11 is 0. The van der Waals surface area contributed by atoms with E-state index in [-0.39, 0.29) is 5.82 Å². The molecule has 2 heterocycles. The van der Waals surface area contributed by atoms with Crippen LogP contribution in [-0.4, -0.2) is 23.1 Å². The van der Waals surface area contributed by atoms with E-state index >= 15 is 0 Å². The minimum absolute atomic E-state index is 0.239. The Hall–Kier alpha value is -1.71. The van der Waals surface area contributed by atoms with Crippen molar-refractivity contribution in [2.75, 3.05) is 18.0 Å². The summed E-state index contributed by atoms with van der Waals surface area (Å²) in [4.78, 5) is 10.8. The fraction of sp³-hybridized carbons (Fsp3) is 0.429. The highest BCUT2D eigenvalue weighted by Crippen LogP contribution is 2.34. The number of halogens is 1. The fourth-order valence-corrected chi connectivity index (χ4v) is 2.56. The smallest absolute Gasteiger partial charge is 0.140 e. The van der Waals surface area contributed by atoms with Crippen molar-refractivity contribution < 1.29 is 4.39 Å². The van der Waals surface area contributed by atoms with Crippen molar-refractivity contribution in [3.8, 4) is 0 Å². The van der Waals surface area contributed by atoms with Crippen molar-refractivity contribution in [2.24, 2.45) is 5.41 Å². The molecule has 3 nitrogen and oxygen atoms in total. The van der Waals surface area contributed by atoms with Crippen LogP contribution in [0.1, 0.15) is 20.3 Å². The van der Waals surface area contributed by atoms with E-state index in [9.17, 15) is 4.39 Å². The van der Waals surface area contributed by atoms with Crippen molar-refractivity contribution in [3.05, 3.63) is 30.3 Å². The number of nitrogens with zero attached hydrogens (tertiary/aromatic N) is 3. The highest BCUT2D eigenvalue weighted by Gasteiger charge is 2.30. The quantitative estimate of drug-likeness (QED) is 0.773. The highest BCUT2D eigenvalue weighted by molar-refractivity contribution is 5.89. The molecule has 0 bridgehead atoms. The number of hydrogen-bond donors (Lipinski definition) is 0. The fourth-order valence-electron chi connectivity index (χ4n) is 2.56. The minimum atomic E-state index is -0.239. The number of anilines is 1. The van der Waals surface area contributed by atoms with Crippen LogP contribution in [0.5, 0.6) is 0 Å². The topological polar surface area (TPSA) is 29.0 Å². The molecule has 1 aromatic carbocycles. The molecule has 1 aliphatic heterocycles. The lowest BCUT2D eigenvalue weighted by molar-refractivity contribution is 0.418. The number of rotatable bonds is 1. The molecule has 1 fully saturated rings. The lowest BCUT2D eigenvalue weighted by atomic mass is 9.93. The molecule has 0 spiro atoms. The first-order valence-corrected chi connectivity index (χ1v) is 6.20. The molecule has 3 rings (SSSR count). The van der Waals surface area contributed by atoms with Gasteiger partial charge in [-0.1, -0.05) is 13.8 Å². The van der Waals surface area contributed by atoms with Gasteiger partial charge in [-0.3, -0.25) is 0 Å². The van der Waals surface area contributed by atoms with Crippen LogP contribution in [0, 0.1) is 11.2 Å². The van der Waals surface area contributed by atoms with Crippen LogP contribution in [0.4, 0.5) is 10.2 Å². The van der Waals surface area contributed by atoms with Crippen molar-refractivity contribution in [1.29, 1.82) is 0 Å².